The van der Waals surface area contributed by atoms with Crippen molar-refractivity contribution in [2.75, 3.05) is 19.3 Å². The Hall–Kier alpha value is -3.45. The van der Waals surface area contributed by atoms with Crippen LogP contribution >= 0.6 is 0 Å². The van der Waals surface area contributed by atoms with Crippen LogP contribution in [-0.4, -0.2) is 33.4 Å². The third kappa shape index (κ3) is 3.90. The van der Waals surface area contributed by atoms with Gasteiger partial charge in [0.1, 0.15) is 11.4 Å². The van der Waals surface area contributed by atoms with Crippen LogP contribution in [0.1, 0.15) is 27.5 Å². The Morgan fingerprint density at radius 3 is 1.90 bits per heavy atom. The second-order valence-corrected chi connectivity index (χ2v) is 7.03. The van der Waals surface area contributed by atoms with Gasteiger partial charge in [0.15, 0.2) is 5.78 Å². The Balaban J connectivity index is 2.00. The van der Waals surface area contributed by atoms with E-state index in [0.717, 1.165) is 20.3 Å². The van der Waals surface area contributed by atoms with Crippen molar-refractivity contribution in [1.29, 1.82) is 0 Å². The lowest BCUT2D eigenvalue weighted by Gasteiger charge is -2.28. The quantitative estimate of drug-likeness (QED) is 0.643. The van der Waals surface area contributed by atoms with Gasteiger partial charge in [0.2, 0.25) is 0 Å². The first kappa shape index (κ1) is 20.3. The summed E-state index contributed by atoms with van der Waals surface area (Å²) in [6, 6.07) is 19.5. The maximum Gasteiger partial charge on any atom is 0.332 e. The first-order valence-corrected chi connectivity index (χ1v) is 9.21. The molecule has 0 saturated carbocycles. The van der Waals surface area contributed by atoms with Gasteiger partial charge in [-0.05, 0) is 18.2 Å². The smallest absolute Gasteiger partial charge is 0.332 e. The molecule has 29 heavy (non-hydrogen) atoms. The van der Waals surface area contributed by atoms with Crippen LogP contribution in [0.4, 0.5) is 5.82 Å². The number of Topliss-reactive ketones (excluding diaryl/α,β-unsaturated/α-hetero) is 1. The number of rotatable bonds is 6. The molecule has 0 amide bonds. The highest BCUT2D eigenvalue weighted by Crippen LogP contribution is 2.27. The number of ketones is 1. The lowest BCUT2D eigenvalue weighted by atomic mass is 9.97. The average Bonchev–Trinajstić information content (AvgIpc) is 2.72. The van der Waals surface area contributed by atoms with Gasteiger partial charge in [0.05, 0.1) is 12.6 Å². The van der Waals surface area contributed by atoms with Gasteiger partial charge in [-0.2, -0.15) is 0 Å². The SMILES string of the molecule is CN(CC(=O)c1c(N)n(C)c(=O)n(C)c1=O)C(c1ccccc1)c1ccccc1. The van der Waals surface area contributed by atoms with E-state index in [-0.39, 0.29) is 24.0 Å². The molecule has 2 N–H and O–H groups in total. The molecular formula is C22H24N4O3. The zero-order valence-electron chi connectivity index (χ0n) is 16.7. The van der Waals surface area contributed by atoms with Crippen molar-refractivity contribution in [3.05, 3.63) is 98.2 Å². The summed E-state index contributed by atoms with van der Waals surface area (Å²) in [6.45, 7) is -0.0356. The highest BCUT2D eigenvalue weighted by Gasteiger charge is 2.25. The molecule has 0 aliphatic heterocycles. The highest BCUT2D eigenvalue weighted by molar-refractivity contribution is 6.01. The molecule has 3 aromatic rings. The van der Waals surface area contributed by atoms with Gasteiger partial charge in [0, 0.05) is 14.1 Å². The van der Waals surface area contributed by atoms with Gasteiger partial charge in [0.25, 0.3) is 5.56 Å². The Bertz CT molecular complexity index is 1090. The van der Waals surface area contributed by atoms with Crippen LogP contribution in [0.3, 0.4) is 0 Å². The lowest BCUT2D eigenvalue weighted by molar-refractivity contribution is 0.0928. The number of likely N-dealkylation sites (N-methyl/N-ethyl adjacent to an activating group) is 1. The van der Waals surface area contributed by atoms with Crippen LogP contribution in [0.25, 0.3) is 0 Å². The van der Waals surface area contributed by atoms with Gasteiger partial charge in [-0.3, -0.25) is 23.6 Å². The zero-order chi connectivity index (χ0) is 21.1. The summed E-state index contributed by atoms with van der Waals surface area (Å²) < 4.78 is 2.01. The number of anilines is 1. The molecule has 150 valence electrons. The van der Waals surface area contributed by atoms with Crippen LogP contribution in [0.15, 0.2) is 70.3 Å². The number of hydrogen-bond acceptors (Lipinski definition) is 5. The van der Waals surface area contributed by atoms with E-state index in [1.54, 1.807) is 0 Å². The number of nitrogens with zero attached hydrogens (tertiary/aromatic N) is 3. The summed E-state index contributed by atoms with van der Waals surface area (Å²) in [5, 5.41) is 0. The summed E-state index contributed by atoms with van der Waals surface area (Å²) in [5.74, 6) is -0.550. The molecule has 0 saturated heterocycles. The molecule has 0 aliphatic rings. The van der Waals surface area contributed by atoms with E-state index in [1.807, 2.05) is 72.6 Å². The topological polar surface area (TPSA) is 90.3 Å². The summed E-state index contributed by atoms with van der Waals surface area (Å²) in [7, 11) is 4.60. The standard InChI is InChI=1S/C22H24N4O3/c1-24(14-17(27)18-20(23)25(2)22(29)26(3)21(18)28)19(15-10-6-4-7-11-15)16-12-8-5-9-13-16/h4-13,19H,14,23H2,1-3H3. The first-order valence-electron chi connectivity index (χ1n) is 9.21. The second-order valence-electron chi connectivity index (χ2n) is 7.03. The molecule has 2 aromatic carbocycles. The number of aromatic nitrogens is 2. The fourth-order valence-corrected chi connectivity index (χ4v) is 3.49. The molecule has 0 spiro atoms. The second kappa shape index (κ2) is 8.28. The van der Waals surface area contributed by atoms with Crippen molar-refractivity contribution < 1.29 is 4.79 Å². The zero-order valence-corrected chi connectivity index (χ0v) is 16.7. The van der Waals surface area contributed by atoms with E-state index >= 15 is 0 Å². The van der Waals surface area contributed by atoms with Gasteiger partial charge < -0.3 is 5.73 Å². The van der Waals surface area contributed by atoms with E-state index in [2.05, 4.69) is 0 Å². The number of carbonyl (C=O) groups excluding carboxylic acids is 1. The minimum absolute atomic E-state index is 0.0356. The van der Waals surface area contributed by atoms with E-state index < -0.39 is 17.0 Å². The predicted octanol–water partition coefficient (Wildman–Crippen LogP) is 1.57. The van der Waals surface area contributed by atoms with Crippen molar-refractivity contribution in [2.45, 2.75) is 6.04 Å². The molecular weight excluding hydrogens is 368 g/mol. The molecule has 0 fully saturated rings. The molecule has 1 heterocycles. The summed E-state index contributed by atoms with van der Waals surface area (Å²) in [4.78, 5) is 39.4. The maximum absolute atomic E-state index is 13.0. The summed E-state index contributed by atoms with van der Waals surface area (Å²) in [5.41, 5.74) is 6.57. The number of carbonyl (C=O) groups is 1. The van der Waals surface area contributed by atoms with E-state index in [1.165, 1.54) is 14.1 Å². The summed E-state index contributed by atoms with van der Waals surface area (Å²) in [6.07, 6.45) is 0. The Kier molecular flexibility index (Phi) is 5.79. The van der Waals surface area contributed by atoms with Crippen molar-refractivity contribution in [3.63, 3.8) is 0 Å². The first-order chi connectivity index (χ1) is 13.8. The Morgan fingerprint density at radius 1 is 0.931 bits per heavy atom. The monoisotopic (exact) mass is 392 g/mol. The van der Waals surface area contributed by atoms with E-state index in [0.29, 0.717) is 0 Å². The normalized spacial score (nSPS) is 11.2. The fourth-order valence-electron chi connectivity index (χ4n) is 3.49. The number of nitrogen functional groups attached to an aromatic ring is 1. The van der Waals surface area contributed by atoms with Gasteiger partial charge in [-0.15, -0.1) is 0 Å². The number of hydrogen-bond donors (Lipinski definition) is 1. The van der Waals surface area contributed by atoms with Crippen LogP contribution in [0.2, 0.25) is 0 Å². The van der Waals surface area contributed by atoms with Crippen molar-refractivity contribution >= 4 is 11.6 Å². The molecule has 7 nitrogen and oxygen atoms in total. The predicted molar refractivity (Wildman–Crippen MR) is 113 cm³/mol. The Morgan fingerprint density at radius 2 is 1.41 bits per heavy atom. The van der Waals surface area contributed by atoms with Gasteiger partial charge in [-0.25, -0.2) is 4.79 Å². The van der Waals surface area contributed by atoms with Crippen molar-refractivity contribution in [1.82, 2.24) is 14.0 Å². The molecule has 0 atom stereocenters. The molecule has 3 rings (SSSR count). The Labute approximate surface area is 168 Å². The van der Waals surface area contributed by atoms with Crippen LogP contribution in [-0.2, 0) is 14.1 Å². The van der Waals surface area contributed by atoms with Crippen LogP contribution in [0, 0.1) is 0 Å². The van der Waals surface area contributed by atoms with Crippen molar-refractivity contribution in [3.8, 4) is 0 Å². The fraction of sp³-hybridized carbons (Fsp3) is 0.227. The highest BCUT2D eigenvalue weighted by atomic mass is 16.2. The van der Waals surface area contributed by atoms with Gasteiger partial charge >= 0.3 is 5.69 Å². The van der Waals surface area contributed by atoms with E-state index in [4.69, 9.17) is 5.73 Å². The minimum atomic E-state index is -0.681. The van der Waals surface area contributed by atoms with Crippen LogP contribution in [0.5, 0.6) is 0 Å². The molecule has 0 aliphatic carbocycles. The number of nitrogens with two attached hydrogens (primary N) is 1. The minimum Gasteiger partial charge on any atom is -0.384 e. The van der Waals surface area contributed by atoms with Gasteiger partial charge in [-0.1, -0.05) is 60.7 Å². The summed E-state index contributed by atoms with van der Waals surface area (Å²) >= 11 is 0. The molecule has 7 heteroatoms. The average molecular weight is 392 g/mol. The molecule has 0 radical (unpaired) electrons. The third-order valence-electron chi connectivity index (χ3n) is 5.05. The van der Waals surface area contributed by atoms with Crippen LogP contribution < -0.4 is 17.0 Å². The largest absolute Gasteiger partial charge is 0.384 e. The van der Waals surface area contributed by atoms with Crippen molar-refractivity contribution in [2.24, 2.45) is 14.1 Å². The molecule has 0 unspecified atom stereocenters. The molecule has 0 bridgehead atoms. The van der Waals surface area contributed by atoms with E-state index in [9.17, 15) is 14.4 Å². The third-order valence-corrected chi connectivity index (χ3v) is 5.05. The molecule has 1 aromatic heterocycles. The maximum atomic E-state index is 13.0. The number of benzene rings is 2. The lowest BCUT2D eigenvalue weighted by Crippen LogP contribution is -2.43.